The van der Waals surface area contributed by atoms with Gasteiger partial charge in [-0.05, 0) is 24.6 Å². The maximum absolute atomic E-state index is 5.87. The highest BCUT2D eigenvalue weighted by Gasteiger charge is 2.23. The van der Waals surface area contributed by atoms with Crippen LogP contribution in [0.3, 0.4) is 0 Å². The number of aromatic nitrogens is 2. The lowest BCUT2D eigenvalue weighted by atomic mass is 10.1. The molecule has 0 bridgehead atoms. The van der Waals surface area contributed by atoms with Gasteiger partial charge in [0.15, 0.2) is 11.5 Å². The predicted molar refractivity (Wildman–Crippen MR) is 88.2 cm³/mol. The summed E-state index contributed by atoms with van der Waals surface area (Å²) < 4.78 is 17.1. The normalized spacial score (nSPS) is 20.8. The molecule has 3 heterocycles. The number of hydrogen-bond acceptors (Lipinski definition) is 6. The quantitative estimate of drug-likeness (QED) is 0.861. The van der Waals surface area contributed by atoms with Gasteiger partial charge in [-0.3, -0.25) is 14.9 Å². The number of hydrogen-bond donors (Lipinski definition) is 0. The number of morpholine rings is 1. The molecule has 1 atom stereocenters. The lowest BCUT2D eigenvalue weighted by Gasteiger charge is -2.32. The van der Waals surface area contributed by atoms with E-state index >= 15 is 0 Å². The van der Waals surface area contributed by atoms with Crippen molar-refractivity contribution in [1.82, 2.24) is 14.9 Å². The van der Waals surface area contributed by atoms with Gasteiger partial charge in [-0.25, -0.2) is 0 Å². The fraction of sp³-hybridized carbons (Fsp3) is 0.444. The lowest BCUT2D eigenvalue weighted by molar-refractivity contribution is -0.0352. The summed E-state index contributed by atoms with van der Waals surface area (Å²) >= 11 is 0. The number of nitrogens with zero attached hydrogens (tertiary/aromatic N) is 3. The standard InChI is InChI=1S/C18H21N3O3/c1-13-9-20-15(10-19-13)18-12-21(4-5-22-18)11-14-2-3-16-17(8-14)24-7-6-23-16/h2-3,8-10,18H,4-7,11-12H2,1H3/t18-/m1/s1. The van der Waals surface area contributed by atoms with Crippen LogP contribution in [-0.4, -0.2) is 47.8 Å². The maximum atomic E-state index is 5.87. The Balaban J connectivity index is 1.44. The smallest absolute Gasteiger partial charge is 0.161 e. The second-order valence-corrected chi connectivity index (χ2v) is 6.16. The molecule has 1 fully saturated rings. The molecule has 0 spiro atoms. The molecule has 0 saturated carbocycles. The van der Waals surface area contributed by atoms with Crippen LogP contribution in [0.5, 0.6) is 11.5 Å². The molecular weight excluding hydrogens is 306 g/mol. The molecule has 2 aliphatic heterocycles. The van der Waals surface area contributed by atoms with Gasteiger partial charge >= 0.3 is 0 Å². The van der Waals surface area contributed by atoms with Gasteiger partial charge in [0.1, 0.15) is 19.3 Å². The average Bonchev–Trinajstić information content (AvgIpc) is 2.62. The lowest BCUT2D eigenvalue weighted by Crippen LogP contribution is -2.38. The van der Waals surface area contributed by atoms with Gasteiger partial charge < -0.3 is 14.2 Å². The van der Waals surface area contributed by atoms with Crippen molar-refractivity contribution in [3.8, 4) is 11.5 Å². The van der Waals surface area contributed by atoms with Crippen molar-refractivity contribution in [2.45, 2.75) is 19.6 Å². The van der Waals surface area contributed by atoms with Crippen molar-refractivity contribution in [2.24, 2.45) is 0 Å². The Morgan fingerprint density at radius 1 is 1.08 bits per heavy atom. The van der Waals surface area contributed by atoms with Crippen LogP contribution in [0.2, 0.25) is 0 Å². The van der Waals surface area contributed by atoms with E-state index in [1.165, 1.54) is 5.56 Å². The summed E-state index contributed by atoms with van der Waals surface area (Å²) in [6, 6.07) is 6.17. The first-order valence-electron chi connectivity index (χ1n) is 8.29. The molecule has 0 amide bonds. The van der Waals surface area contributed by atoms with Crippen molar-refractivity contribution >= 4 is 0 Å². The Morgan fingerprint density at radius 2 is 1.96 bits per heavy atom. The molecule has 4 rings (SSSR count). The highest BCUT2D eigenvalue weighted by atomic mass is 16.6. The highest BCUT2D eigenvalue weighted by Crippen LogP contribution is 2.31. The van der Waals surface area contributed by atoms with Gasteiger partial charge in [-0.2, -0.15) is 0 Å². The van der Waals surface area contributed by atoms with Crippen LogP contribution in [0.15, 0.2) is 30.6 Å². The van der Waals surface area contributed by atoms with Gasteiger partial charge in [0.05, 0.1) is 24.2 Å². The van der Waals surface area contributed by atoms with Crippen LogP contribution in [0.4, 0.5) is 0 Å². The fourth-order valence-electron chi connectivity index (χ4n) is 3.04. The summed E-state index contributed by atoms with van der Waals surface area (Å²) in [6.07, 6.45) is 3.58. The van der Waals surface area contributed by atoms with E-state index in [2.05, 4.69) is 27.0 Å². The SMILES string of the molecule is Cc1cnc([C@H]2CN(Cc3ccc4c(c3)OCCO4)CCO2)cn1. The van der Waals surface area contributed by atoms with Gasteiger partial charge in [-0.15, -0.1) is 0 Å². The molecule has 2 aliphatic rings. The Morgan fingerprint density at radius 3 is 2.79 bits per heavy atom. The molecule has 0 radical (unpaired) electrons. The monoisotopic (exact) mass is 327 g/mol. The molecule has 6 heteroatoms. The van der Waals surface area contributed by atoms with Gasteiger partial charge in [-0.1, -0.05) is 6.07 Å². The third kappa shape index (κ3) is 3.34. The summed E-state index contributed by atoms with van der Waals surface area (Å²) in [6.45, 7) is 6.45. The zero-order valence-electron chi connectivity index (χ0n) is 13.8. The molecule has 1 saturated heterocycles. The van der Waals surface area contributed by atoms with E-state index in [4.69, 9.17) is 14.2 Å². The van der Waals surface area contributed by atoms with Gasteiger partial charge in [0, 0.05) is 25.8 Å². The van der Waals surface area contributed by atoms with Crippen LogP contribution in [0.25, 0.3) is 0 Å². The average molecular weight is 327 g/mol. The minimum atomic E-state index is -0.0240. The predicted octanol–water partition coefficient (Wildman–Crippen LogP) is 2.13. The number of fused-ring (bicyclic) bond motifs is 1. The summed E-state index contributed by atoms with van der Waals surface area (Å²) in [5, 5.41) is 0. The maximum Gasteiger partial charge on any atom is 0.161 e. The zero-order valence-corrected chi connectivity index (χ0v) is 13.8. The molecule has 1 aromatic carbocycles. The van der Waals surface area contributed by atoms with E-state index in [0.29, 0.717) is 19.8 Å². The molecule has 6 nitrogen and oxygen atoms in total. The third-order valence-corrected chi connectivity index (χ3v) is 4.29. The Bertz CT molecular complexity index is 705. The van der Waals surface area contributed by atoms with Crippen LogP contribution in [0, 0.1) is 6.92 Å². The van der Waals surface area contributed by atoms with E-state index in [-0.39, 0.29) is 6.10 Å². The van der Waals surface area contributed by atoms with Crippen molar-refractivity contribution in [3.05, 3.63) is 47.5 Å². The van der Waals surface area contributed by atoms with E-state index in [9.17, 15) is 0 Å². The number of aryl methyl sites for hydroxylation is 1. The van der Waals surface area contributed by atoms with Crippen molar-refractivity contribution in [2.75, 3.05) is 32.9 Å². The van der Waals surface area contributed by atoms with Crippen LogP contribution in [-0.2, 0) is 11.3 Å². The minimum Gasteiger partial charge on any atom is -0.486 e. The van der Waals surface area contributed by atoms with Gasteiger partial charge in [0.25, 0.3) is 0 Å². The molecule has 1 aromatic heterocycles. The molecule has 0 N–H and O–H groups in total. The highest BCUT2D eigenvalue weighted by molar-refractivity contribution is 5.43. The molecule has 126 valence electrons. The van der Waals surface area contributed by atoms with E-state index in [1.54, 1.807) is 6.20 Å². The van der Waals surface area contributed by atoms with E-state index < -0.39 is 0 Å². The molecular formula is C18H21N3O3. The first kappa shape index (κ1) is 15.4. The van der Waals surface area contributed by atoms with Crippen LogP contribution in [0.1, 0.15) is 23.1 Å². The summed E-state index contributed by atoms with van der Waals surface area (Å²) in [4.78, 5) is 11.1. The number of benzene rings is 1. The first-order chi connectivity index (χ1) is 11.8. The van der Waals surface area contributed by atoms with Crippen molar-refractivity contribution < 1.29 is 14.2 Å². The summed E-state index contributed by atoms with van der Waals surface area (Å²) in [5.41, 5.74) is 3.03. The second-order valence-electron chi connectivity index (χ2n) is 6.16. The largest absolute Gasteiger partial charge is 0.486 e. The number of rotatable bonds is 3. The Kier molecular flexibility index (Phi) is 4.32. The third-order valence-electron chi connectivity index (χ3n) is 4.29. The van der Waals surface area contributed by atoms with Crippen molar-refractivity contribution in [3.63, 3.8) is 0 Å². The van der Waals surface area contributed by atoms with E-state index in [0.717, 1.165) is 42.5 Å². The fourth-order valence-corrected chi connectivity index (χ4v) is 3.04. The molecule has 2 aromatic rings. The van der Waals surface area contributed by atoms with Crippen molar-refractivity contribution in [1.29, 1.82) is 0 Å². The minimum absolute atomic E-state index is 0.0240. The Hall–Kier alpha value is -2.18. The number of ether oxygens (including phenoxy) is 3. The van der Waals surface area contributed by atoms with Crippen LogP contribution < -0.4 is 9.47 Å². The molecule has 0 unspecified atom stereocenters. The first-order valence-corrected chi connectivity index (χ1v) is 8.29. The topological polar surface area (TPSA) is 56.7 Å². The second kappa shape index (κ2) is 6.75. The molecule has 24 heavy (non-hydrogen) atoms. The van der Waals surface area contributed by atoms with Crippen LogP contribution >= 0.6 is 0 Å². The van der Waals surface area contributed by atoms with Gasteiger partial charge in [0.2, 0.25) is 0 Å². The Labute approximate surface area is 141 Å². The summed E-state index contributed by atoms with van der Waals surface area (Å²) in [7, 11) is 0. The van der Waals surface area contributed by atoms with E-state index in [1.807, 2.05) is 19.2 Å². The molecule has 0 aliphatic carbocycles. The summed E-state index contributed by atoms with van der Waals surface area (Å²) in [5.74, 6) is 1.67. The zero-order chi connectivity index (χ0) is 16.4.